The molecule has 1 amide bonds. The van der Waals surface area contributed by atoms with Crippen molar-refractivity contribution in [3.05, 3.63) is 28.7 Å². The molecule has 0 saturated carbocycles. The zero-order valence-electron chi connectivity index (χ0n) is 12.1. The first-order chi connectivity index (χ1) is 10.2. The molecule has 2 N–H and O–H groups in total. The van der Waals surface area contributed by atoms with Gasteiger partial charge in [0.1, 0.15) is 0 Å². The van der Waals surface area contributed by atoms with Crippen LogP contribution in [0.4, 0.5) is 5.69 Å². The van der Waals surface area contributed by atoms with Gasteiger partial charge in [-0.3, -0.25) is 4.79 Å². The molecule has 2 heterocycles. The molecule has 2 fully saturated rings. The van der Waals surface area contributed by atoms with E-state index in [1.165, 1.54) is 5.69 Å². The van der Waals surface area contributed by atoms with Crippen LogP contribution in [-0.2, 0) is 4.79 Å². The fourth-order valence-corrected chi connectivity index (χ4v) is 3.74. The molecule has 0 aromatic heterocycles. The normalized spacial score (nSPS) is 25.9. The number of nitrogens with one attached hydrogen (secondary N) is 2. The number of hydrogen-bond donors (Lipinski definition) is 2. The molecule has 21 heavy (non-hydrogen) atoms. The molecular formula is C16H22BrN3O. The topological polar surface area (TPSA) is 44.4 Å². The van der Waals surface area contributed by atoms with Gasteiger partial charge in [-0.25, -0.2) is 0 Å². The summed E-state index contributed by atoms with van der Waals surface area (Å²) < 4.78 is 1.12. The van der Waals surface area contributed by atoms with Gasteiger partial charge in [-0.2, -0.15) is 0 Å². The fraction of sp³-hybridized carbons (Fsp3) is 0.562. The van der Waals surface area contributed by atoms with Crippen molar-refractivity contribution in [2.45, 2.75) is 25.3 Å². The minimum absolute atomic E-state index is 0.149. The summed E-state index contributed by atoms with van der Waals surface area (Å²) in [5, 5.41) is 6.54. The van der Waals surface area contributed by atoms with Crippen LogP contribution in [0.25, 0.3) is 0 Å². The van der Waals surface area contributed by atoms with E-state index in [1.54, 1.807) is 0 Å². The van der Waals surface area contributed by atoms with E-state index in [0.29, 0.717) is 0 Å². The number of amides is 1. The molecule has 0 aliphatic carbocycles. The summed E-state index contributed by atoms with van der Waals surface area (Å²) in [6.45, 7) is 3.76. The largest absolute Gasteiger partial charge is 0.368 e. The van der Waals surface area contributed by atoms with Gasteiger partial charge in [0.25, 0.3) is 0 Å². The molecule has 4 nitrogen and oxygen atoms in total. The van der Waals surface area contributed by atoms with E-state index in [0.717, 1.165) is 49.9 Å². The van der Waals surface area contributed by atoms with Crippen LogP contribution in [0.2, 0.25) is 0 Å². The second-order valence-electron chi connectivity index (χ2n) is 5.93. The Kier molecular flexibility index (Phi) is 4.80. The molecule has 0 radical (unpaired) electrons. The highest BCUT2D eigenvalue weighted by atomic mass is 79.9. The van der Waals surface area contributed by atoms with E-state index >= 15 is 0 Å². The summed E-state index contributed by atoms with van der Waals surface area (Å²) >= 11 is 3.60. The summed E-state index contributed by atoms with van der Waals surface area (Å²) in [5.74, 6) is 0.373. The second-order valence-corrected chi connectivity index (χ2v) is 6.79. The van der Waals surface area contributed by atoms with Crippen LogP contribution in [-0.4, -0.2) is 38.1 Å². The van der Waals surface area contributed by atoms with Crippen molar-refractivity contribution in [3.63, 3.8) is 0 Å². The van der Waals surface area contributed by atoms with Crippen molar-refractivity contribution >= 4 is 27.5 Å². The lowest BCUT2D eigenvalue weighted by molar-refractivity contribution is -0.126. The lowest BCUT2D eigenvalue weighted by Gasteiger charge is -2.24. The lowest BCUT2D eigenvalue weighted by Crippen LogP contribution is -2.45. The number of rotatable bonds is 3. The maximum Gasteiger partial charge on any atom is 0.224 e. The van der Waals surface area contributed by atoms with Crippen LogP contribution in [0.15, 0.2) is 28.7 Å². The number of benzene rings is 1. The number of piperidine rings is 1. The van der Waals surface area contributed by atoms with Gasteiger partial charge in [-0.15, -0.1) is 0 Å². The quantitative estimate of drug-likeness (QED) is 0.876. The van der Waals surface area contributed by atoms with E-state index in [4.69, 9.17) is 0 Å². The van der Waals surface area contributed by atoms with Crippen LogP contribution in [0.1, 0.15) is 19.3 Å². The van der Waals surface area contributed by atoms with Crippen LogP contribution in [0.3, 0.4) is 0 Å². The van der Waals surface area contributed by atoms with Gasteiger partial charge < -0.3 is 15.5 Å². The summed E-state index contributed by atoms with van der Waals surface area (Å²) in [5.41, 5.74) is 1.22. The minimum atomic E-state index is 0.149. The summed E-state index contributed by atoms with van der Waals surface area (Å²) in [6, 6.07) is 8.54. The Morgan fingerprint density at radius 3 is 2.95 bits per heavy atom. The first-order valence-corrected chi connectivity index (χ1v) is 8.54. The average molecular weight is 352 g/mol. The molecule has 2 saturated heterocycles. The van der Waals surface area contributed by atoms with Gasteiger partial charge in [0.05, 0.1) is 11.6 Å². The van der Waals surface area contributed by atoms with Crippen LogP contribution >= 0.6 is 15.9 Å². The predicted molar refractivity (Wildman–Crippen MR) is 88.5 cm³/mol. The Hall–Kier alpha value is -1.07. The van der Waals surface area contributed by atoms with Crippen LogP contribution in [0, 0.1) is 5.92 Å². The third-order valence-electron chi connectivity index (χ3n) is 4.40. The molecule has 0 spiro atoms. The number of para-hydroxylation sites is 1. The Morgan fingerprint density at radius 2 is 2.19 bits per heavy atom. The summed E-state index contributed by atoms with van der Waals surface area (Å²) in [6.07, 6.45) is 3.14. The van der Waals surface area contributed by atoms with Crippen LogP contribution < -0.4 is 15.5 Å². The van der Waals surface area contributed by atoms with Gasteiger partial charge >= 0.3 is 0 Å². The number of carbonyl (C=O) groups excluding carboxylic acids is 1. The predicted octanol–water partition coefficient (Wildman–Crippen LogP) is 2.14. The molecule has 0 bridgehead atoms. The third-order valence-corrected chi connectivity index (χ3v) is 5.07. The number of anilines is 1. The van der Waals surface area contributed by atoms with Crippen molar-refractivity contribution in [1.82, 2.24) is 10.6 Å². The standard InChI is InChI=1S/C16H22BrN3O/c17-14-5-1-2-6-15(14)20-9-7-13(11-20)19-16(21)12-4-3-8-18-10-12/h1-2,5-6,12-13,18H,3-4,7-11H2,(H,19,21). The SMILES string of the molecule is O=C(NC1CCN(c2ccccc2Br)C1)C1CCCNC1. The van der Waals surface area contributed by atoms with E-state index in [9.17, 15) is 4.79 Å². The summed E-state index contributed by atoms with van der Waals surface area (Å²) in [4.78, 5) is 14.6. The first-order valence-electron chi connectivity index (χ1n) is 7.74. The maximum atomic E-state index is 12.3. The molecule has 2 unspecified atom stereocenters. The second kappa shape index (κ2) is 6.79. The first kappa shape index (κ1) is 14.9. The van der Waals surface area contributed by atoms with Gasteiger partial charge in [-0.05, 0) is 53.9 Å². The number of halogens is 1. The van der Waals surface area contributed by atoms with Crippen LogP contribution in [0.5, 0.6) is 0 Å². The number of hydrogen-bond acceptors (Lipinski definition) is 3. The van der Waals surface area contributed by atoms with Crippen molar-refractivity contribution in [3.8, 4) is 0 Å². The lowest BCUT2D eigenvalue weighted by atomic mass is 9.98. The van der Waals surface area contributed by atoms with Gasteiger partial charge in [-0.1, -0.05) is 12.1 Å². The molecule has 1 aromatic carbocycles. The van der Waals surface area contributed by atoms with Gasteiger partial charge in [0.2, 0.25) is 5.91 Å². The van der Waals surface area contributed by atoms with E-state index < -0.39 is 0 Å². The molecule has 1 aromatic rings. The Balaban J connectivity index is 1.55. The zero-order chi connectivity index (χ0) is 14.7. The van der Waals surface area contributed by atoms with E-state index in [1.807, 2.05) is 6.07 Å². The highest BCUT2D eigenvalue weighted by Crippen LogP contribution is 2.28. The Bertz CT molecular complexity index is 502. The van der Waals surface area contributed by atoms with Crippen molar-refractivity contribution in [1.29, 1.82) is 0 Å². The Labute approximate surface area is 134 Å². The van der Waals surface area contributed by atoms with Crippen molar-refractivity contribution in [2.75, 3.05) is 31.1 Å². The van der Waals surface area contributed by atoms with E-state index in [-0.39, 0.29) is 17.9 Å². The minimum Gasteiger partial charge on any atom is -0.368 e. The number of carbonyl (C=O) groups is 1. The molecule has 5 heteroatoms. The molecule has 3 rings (SSSR count). The molecule has 2 atom stereocenters. The maximum absolute atomic E-state index is 12.3. The van der Waals surface area contributed by atoms with Crippen molar-refractivity contribution < 1.29 is 4.79 Å². The molecular weight excluding hydrogens is 330 g/mol. The molecule has 2 aliphatic rings. The highest BCUT2D eigenvalue weighted by molar-refractivity contribution is 9.10. The van der Waals surface area contributed by atoms with Crippen molar-refractivity contribution in [2.24, 2.45) is 5.92 Å². The van der Waals surface area contributed by atoms with Gasteiger partial charge in [0, 0.05) is 30.1 Å². The number of nitrogens with zero attached hydrogens (tertiary/aromatic N) is 1. The van der Waals surface area contributed by atoms with Gasteiger partial charge in [0.15, 0.2) is 0 Å². The molecule has 2 aliphatic heterocycles. The fourth-order valence-electron chi connectivity index (χ4n) is 3.20. The third kappa shape index (κ3) is 3.58. The average Bonchev–Trinajstić information content (AvgIpc) is 2.97. The smallest absolute Gasteiger partial charge is 0.224 e. The van der Waals surface area contributed by atoms with E-state index in [2.05, 4.69) is 49.7 Å². The molecule has 114 valence electrons. The monoisotopic (exact) mass is 351 g/mol. The Morgan fingerprint density at radius 1 is 1.33 bits per heavy atom. The summed E-state index contributed by atoms with van der Waals surface area (Å²) in [7, 11) is 0. The zero-order valence-corrected chi connectivity index (χ0v) is 13.7. The highest BCUT2D eigenvalue weighted by Gasteiger charge is 2.28.